The second kappa shape index (κ2) is 6.53. The Balaban J connectivity index is 2.30. The Morgan fingerprint density at radius 3 is 2.71 bits per heavy atom. The van der Waals surface area contributed by atoms with E-state index in [1.165, 1.54) is 6.07 Å². The highest BCUT2D eigenvalue weighted by atomic mass is 35.5. The number of pyridine rings is 1. The van der Waals surface area contributed by atoms with Crippen LogP contribution in [0.4, 0.5) is 0 Å². The molecule has 0 bridgehead atoms. The third-order valence-corrected chi connectivity index (χ3v) is 4.86. The van der Waals surface area contributed by atoms with Gasteiger partial charge in [-0.05, 0) is 42.3 Å². The van der Waals surface area contributed by atoms with Gasteiger partial charge >= 0.3 is 0 Å². The first-order valence-electron chi connectivity index (χ1n) is 6.32. The van der Waals surface area contributed by atoms with E-state index in [1.807, 2.05) is 0 Å². The lowest BCUT2D eigenvalue weighted by Crippen LogP contribution is -2.25. The van der Waals surface area contributed by atoms with Crippen molar-refractivity contribution in [2.45, 2.75) is 24.9 Å². The number of aromatic nitrogens is 1. The van der Waals surface area contributed by atoms with Gasteiger partial charge in [0.2, 0.25) is 10.0 Å². The molecule has 0 saturated heterocycles. The van der Waals surface area contributed by atoms with Gasteiger partial charge in [0.15, 0.2) is 0 Å². The smallest absolute Gasteiger partial charge is 0.241 e. The number of hydrogen-bond acceptors (Lipinski definition) is 4. The molecule has 1 aromatic heterocycles. The Morgan fingerprint density at radius 1 is 1.33 bits per heavy atom. The topological polar surface area (TPSA) is 85.1 Å². The summed E-state index contributed by atoms with van der Waals surface area (Å²) in [6, 6.07) is 8.42. The van der Waals surface area contributed by atoms with Crippen molar-refractivity contribution in [3.8, 4) is 0 Å². The van der Waals surface area contributed by atoms with Crippen molar-refractivity contribution in [1.82, 2.24) is 9.71 Å². The standard InChI is InChI=1S/C14H16ClN3O2S/c1-10-11(8-16)6-12(15)7-14(10)21(19,20)18-9-13-4-2-3-5-17-13/h2-7,18H,8-9,16H2,1H3. The first-order chi connectivity index (χ1) is 9.94. The van der Waals surface area contributed by atoms with E-state index in [4.69, 9.17) is 17.3 Å². The number of nitrogens with one attached hydrogen (secondary N) is 1. The van der Waals surface area contributed by atoms with Gasteiger partial charge < -0.3 is 5.73 Å². The number of rotatable bonds is 5. The predicted octanol–water partition coefficient (Wildman–Crippen LogP) is 1.98. The van der Waals surface area contributed by atoms with Crippen molar-refractivity contribution < 1.29 is 8.42 Å². The largest absolute Gasteiger partial charge is 0.326 e. The van der Waals surface area contributed by atoms with Gasteiger partial charge in [-0.25, -0.2) is 13.1 Å². The molecule has 0 atom stereocenters. The van der Waals surface area contributed by atoms with E-state index < -0.39 is 10.0 Å². The molecule has 7 heteroatoms. The van der Waals surface area contributed by atoms with Gasteiger partial charge in [-0.1, -0.05) is 17.7 Å². The molecule has 1 heterocycles. The zero-order valence-electron chi connectivity index (χ0n) is 11.5. The van der Waals surface area contributed by atoms with Gasteiger partial charge in [0.05, 0.1) is 17.1 Å². The van der Waals surface area contributed by atoms with Crippen molar-refractivity contribution in [2.75, 3.05) is 0 Å². The van der Waals surface area contributed by atoms with Crippen molar-refractivity contribution in [3.05, 3.63) is 58.4 Å². The molecule has 0 spiro atoms. The first-order valence-corrected chi connectivity index (χ1v) is 8.19. The van der Waals surface area contributed by atoms with E-state index in [-0.39, 0.29) is 18.0 Å². The zero-order chi connectivity index (χ0) is 15.5. The third kappa shape index (κ3) is 3.79. The van der Waals surface area contributed by atoms with Crippen LogP contribution in [-0.2, 0) is 23.1 Å². The summed E-state index contributed by atoms with van der Waals surface area (Å²) in [5.74, 6) is 0. The monoisotopic (exact) mass is 325 g/mol. The summed E-state index contributed by atoms with van der Waals surface area (Å²) in [7, 11) is -3.67. The summed E-state index contributed by atoms with van der Waals surface area (Å²) in [6.07, 6.45) is 1.61. The van der Waals surface area contributed by atoms with Crippen LogP contribution in [0.1, 0.15) is 16.8 Å². The quantitative estimate of drug-likeness (QED) is 0.880. The van der Waals surface area contributed by atoms with Crippen LogP contribution < -0.4 is 10.5 Å². The fraction of sp³-hybridized carbons (Fsp3) is 0.214. The number of nitrogens with zero attached hydrogens (tertiary/aromatic N) is 1. The van der Waals surface area contributed by atoms with Gasteiger partial charge in [0.25, 0.3) is 0 Å². The molecule has 1 aromatic carbocycles. The van der Waals surface area contributed by atoms with Gasteiger partial charge in [-0.15, -0.1) is 0 Å². The SMILES string of the molecule is Cc1c(CN)cc(Cl)cc1S(=O)(=O)NCc1ccccn1. The average Bonchev–Trinajstić information content (AvgIpc) is 2.48. The number of sulfonamides is 1. The van der Waals surface area contributed by atoms with E-state index in [2.05, 4.69) is 9.71 Å². The van der Waals surface area contributed by atoms with Gasteiger partial charge in [-0.3, -0.25) is 4.98 Å². The lowest BCUT2D eigenvalue weighted by Gasteiger charge is -2.12. The van der Waals surface area contributed by atoms with Crippen molar-refractivity contribution in [2.24, 2.45) is 5.73 Å². The summed E-state index contributed by atoms with van der Waals surface area (Å²) in [4.78, 5) is 4.22. The van der Waals surface area contributed by atoms with Crippen LogP contribution in [-0.4, -0.2) is 13.4 Å². The Morgan fingerprint density at radius 2 is 2.10 bits per heavy atom. The molecular formula is C14H16ClN3O2S. The van der Waals surface area contributed by atoms with Crippen LogP contribution >= 0.6 is 11.6 Å². The molecule has 0 fully saturated rings. The summed E-state index contributed by atoms with van der Waals surface area (Å²) in [5, 5.41) is 0.347. The van der Waals surface area contributed by atoms with Crippen LogP contribution in [0.15, 0.2) is 41.4 Å². The number of hydrogen-bond donors (Lipinski definition) is 2. The van der Waals surface area contributed by atoms with Crippen molar-refractivity contribution >= 4 is 21.6 Å². The molecule has 0 saturated carbocycles. The Labute approximate surface area is 129 Å². The second-order valence-corrected chi connectivity index (χ2v) is 6.71. The zero-order valence-corrected chi connectivity index (χ0v) is 13.1. The molecule has 0 aliphatic carbocycles. The minimum Gasteiger partial charge on any atom is -0.326 e. The molecular weight excluding hydrogens is 310 g/mol. The molecule has 0 aliphatic heterocycles. The van der Waals surface area contributed by atoms with Crippen molar-refractivity contribution in [1.29, 1.82) is 0 Å². The molecule has 3 N–H and O–H groups in total. The maximum Gasteiger partial charge on any atom is 0.241 e. The highest BCUT2D eigenvalue weighted by molar-refractivity contribution is 7.89. The predicted molar refractivity (Wildman–Crippen MR) is 82.3 cm³/mol. The molecule has 112 valence electrons. The highest BCUT2D eigenvalue weighted by Gasteiger charge is 2.19. The summed E-state index contributed by atoms with van der Waals surface area (Å²) < 4.78 is 27.3. The van der Waals surface area contributed by atoms with Crippen LogP contribution in [0.2, 0.25) is 5.02 Å². The highest BCUT2D eigenvalue weighted by Crippen LogP contribution is 2.24. The molecule has 2 aromatic rings. The van der Waals surface area contributed by atoms with Gasteiger partial charge in [-0.2, -0.15) is 0 Å². The third-order valence-electron chi connectivity index (χ3n) is 3.11. The number of nitrogens with two attached hydrogens (primary N) is 1. The Bertz CT molecular complexity index is 733. The second-order valence-electron chi connectivity index (χ2n) is 4.54. The number of halogens is 1. The summed E-state index contributed by atoms with van der Waals surface area (Å²) >= 11 is 5.96. The molecule has 0 amide bonds. The molecule has 0 radical (unpaired) electrons. The molecule has 2 rings (SSSR count). The van der Waals surface area contributed by atoms with Crippen LogP contribution in [0.5, 0.6) is 0 Å². The molecule has 0 unspecified atom stereocenters. The van der Waals surface area contributed by atoms with E-state index in [9.17, 15) is 8.42 Å². The maximum absolute atomic E-state index is 12.4. The molecule has 0 aliphatic rings. The van der Waals surface area contributed by atoms with Gasteiger partial charge in [0, 0.05) is 17.8 Å². The van der Waals surface area contributed by atoms with Crippen LogP contribution in [0, 0.1) is 6.92 Å². The van der Waals surface area contributed by atoms with E-state index in [0.29, 0.717) is 21.8 Å². The van der Waals surface area contributed by atoms with Crippen LogP contribution in [0.3, 0.4) is 0 Å². The Hall–Kier alpha value is -1.47. The fourth-order valence-corrected chi connectivity index (χ4v) is 3.56. The lowest BCUT2D eigenvalue weighted by atomic mass is 10.1. The summed E-state index contributed by atoms with van der Waals surface area (Å²) in [5.41, 5.74) is 7.57. The first kappa shape index (κ1) is 15.9. The lowest BCUT2D eigenvalue weighted by molar-refractivity contribution is 0.579. The number of benzene rings is 1. The molecule has 5 nitrogen and oxygen atoms in total. The average molecular weight is 326 g/mol. The summed E-state index contributed by atoms with van der Waals surface area (Å²) in [6.45, 7) is 2.07. The van der Waals surface area contributed by atoms with Crippen molar-refractivity contribution in [3.63, 3.8) is 0 Å². The van der Waals surface area contributed by atoms with E-state index >= 15 is 0 Å². The van der Waals surface area contributed by atoms with E-state index in [1.54, 1.807) is 37.4 Å². The van der Waals surface area contributed by atoms with E-state index in [0.717, 1.165) is 0 Å². The minimum atomic E-state index is -3.67. The van der Waals surface area contributed by atoms with Gasteiger partial charge in [0.1, 0.15) is 0 Å². The molecule has 21 heavy (non-hydrogen) atoms. The maximum atomic E-state index is 12.4. The fourth-order valence-electron chi connectivity index (χ4n) is 1.95. The Kier molecular flexibility index (Phi) is 4.95. The van der Waals surface area contributed by atoms with Crippen LogP contribution in [0.25, 0.3) is 0 Å². The normalized spacial score (nSPS) is 11.6. The minimum absolute atomic E-state index is 0.118.